The Balaban J connectivity index is 1.23. The highest BCUT2D eigenvalue weighted by atomic mass is 32.2. The number of thioether (sulfide) groups is 1. The van der Waals surface area contributed by atoms with E-state index in [1.54, 1.807) is 17.5 Å². The molecule has 7 nitrogen and oxygen atoms in total. The monoisotopic (exact) mass is 411 g/mol. The Morgan fingerprint density at radius 1 is 1.11 bits per heavy atom. The summed E-state index contributed by atoms with van der Waals surface area (Å²) in [6, 6.07) is 13.7. The molecule has 4 rings (SSSR count). The Morgan fingerprint density at radius 3 is 2.86 bits per heavy atom. The SMILES string of the molecule is O=C(CSc1nnc(CCc2nc3ccccc3s2)o1)NCc1ccccn1. The number of pyridine rings is 1. The number of aromatic nitrogens is 4. The molecule has 0 aliphatic heterocycles. The number of carbonyl (C=O) groups excluding carboxylic acids is 1. The largest absolute Gasteiger partial charge is 0.416 e. The molecule has 0 radical (unpaired) electrons. The first-order chi connectivity index (χ1) is 13.8. The maximum absolute atomic E-state index is 11.9. The lowest BCUT2D eigenvalue weighted by atomic mass is 10.3. The number of para-hydroxylation sites is 1. The van der Waals surface area contributed by atoms with Crippen molar-refractivity contribution < 1.29 is 9.21 Å². The summed E-state index contributed by atoms with van der Waals surface area (Å²) in [5, 5.41) is 12.3. The maximum atomic E-state index is 11.9. The summed E-state index contributed by atoms with van der Waals surface area (Å²) < 4.78 is 6.79. The van der Waals surface area contributed by atoms with E-state index in [0.29, 0.717) is 24.1 Å². The molecule has 1 amide bonds. The minimum atomic E-state index is -0.107. The Bertz CT molecular complexity index is 1030. The summed E-state index contributed by atoms with van der Waals surface area (Å²) in [7, 11) is 0. The van der Waals surface area contributed by atoms with Gasteiger partial charge in [0.15, 0.2) is 0 Å². The zero-order valence-corrected chi connectivity index (χ0v) is 16.5. The first-order valence-corrected chi connectivity index (χ1v) is 10.5. The molecular weight excluding hydrogens is 394 g/mol. The molecule has 1 aromatic carbocycles. The van der Waals surface area contributed by atoms with Crippen LogP contribution in [0, 0.1) is 0 Å². The maximum Gasteiger partial charge on any atom is 0.277 e. The molecule has 0 saturated carbocycles. The summed E-state index contributed by atoms with van der Waals surface area (Å²) in [6.45, 7) is 0.400. The van der Waals surface area contributed by atoms with Crippen LogP contribution in [0.2, 0.25) is 0 Å². The van der Waals surface area contributed by atoms with E-state index in [9.17, 15) is 4.79 Å². The fourth-order valence-electron chi connectivity index (χ4n) is 2.51. The number of hydrogen-bond acceptors (Lipinski definition) is 8. The Morgan fingerprint density at radius 2 is 2.00 bits per heavy atom. The van der Waals surface area contributed by atoms with Crippen LogP contribution >= 0.6 is 23.1 Å². The lowest BCUT2D eigenvalue weighted by molar-refractivity contribution is -0.118. The number of rotatable bonds is 8. The van der Waals surface area contributed by atoms with Gasteiger partial charge in [-0.1, -0.05) is 30.0 Å². The predicted octanol–water partition coefficient (Wildman–Crippen LogP) is 3.27. The van der Waals surface area contributed by atoms with Crippen molar-refractivity contribution in [2.24, 2.45) is 0 Å². The number of thiazole rings is 1. The van der Waals surface area contributed by atoms with Gasteiger partial charge in [0.05, 0.1) is 33.2 Å². The molecule has 4 aromatic rings. The van der Waals surface area contributed by atoms with Gasteiger partial charge in [-0.25, -0.2) is 4.98 Å². The minimum absolute atomic E-state index is 0.107. The number of aryl methyl sites for hydroxylation is 2. The first-order valence-electron chi connectivity index (χ1n) is 8.72. The second kappa shape index (κ2) is 8.94. The van der Waals surface area contributed by atoms with Crippen molar-refractivity contribution in [2.45, 2.75) is 24.6 Å². The zero-order valence-electron chi connectivity index (χ0n) is 14.9. The van der Waals surface area contributed by atoms with Gasteiger partial charge in [-0.05, 0) is 24.3 Å². The van der Waals surface area contributed by atoms with E-state index in [1.807, 2.05) is 36.4 Å². The van der Waals surface area contributed by atoms with Crippen molar-refractivity contribution in [3.63, 3.8) is 0 Å². The molecule has 3 aromatic heterocycles. The molecular formula is C19H17N5O2S2. The second-order valence-corrected chi connectivity index (χ2v) is 7.97. The molecule has 0 bridgehead atoms. The van der Waals surface area contributed by atoms with Gasteiger partial charge < -0.3 is 9.73 Å². The van der Waals surface area contributed by atoms with Gasteiger partial charge in [-0.3, -0.25) is 9.78 Å². The van der Waals surface area contributed by atoms with Crippen LogP contribution in [-0.4, -0.2) is 31.8 Å². The third-order valence-electron chi connectivity index (χ3n) is 3.86. The highest BCUT2D eigenvalue weighted by Crippen LogP contribution is 2.23. The summed E-state index contributed by atoms with van der Waals surface area (Å²) in [6.07, 6.45) is 3.07. The number of hydrogen-bond donors (Lipinski definition) is 1. The van der Waals surface area contributed by atoms with E-state index in [-0.39, 0.29) is 11.7 Å². The molecule has 3 heterocycles. The molecule has 0 saturated heterocycles. The third kappa shape index (κ3) is 4.93. The van der Waals surface area contributed by atoms with Crippen LogP contribution < -0.4 is 5.32 Å². The number of nitrogens with one attached hydrogen (secondary N) is 1. The van der Waals surface area contributed by atoms with Crippen molar-refractivity contribution >= 4 is 39.2 Å². The van der Waals surface area contributed by atoms with Crippen LogP contribution in [0.1, 0.15) is 16.6 Å². The predicted molar refractivity (Wildman–Crippen MR) is 108 cm³/mol. The van der Waals surface area contributed by atoms with Gasteiger partial charge in [0.25, 0.3) is 5.22 Å². The van der Waals surface area contributed by atoms with E-state index in [2.05, 4.69) is 31.5 Å². The van der Waals surface area contributed by atoms with Crippen molar-refractivity contribution in [3.05, 3.63) is 65.3 Å². The number of benzene rings is 1. The topological polar surface area (TPSA) is 93.8 Å². The standard InChI is InChI=1S/C19H17N5O2S2/c25-16(21-11-13-5-3-4-10-20-13)12-27-19-24-23-17(26-19)8-9-18-22-14-6-1-2-7-15(14)28-18/h1-7,10H,8-9,11-12H2,(H,21,25). The summed E-state index contributed by atoms with van der Waals surface area (Å²) >= 11 is 2.90. The molecule has 0 aliphatic rings. The minimum Gasteiger partial charge on any atom is -0.416 e. The Kier molecular flexibility index (Phi) is 5.93. The van der Waals surface area contributed by atoms with Gasteiger partial charge in [0, 0.05) is 19.0 Å². The fraction of sp³-hybridized carbons (Fsp3) is 0.211. The highest BCUT2D eigenvalue weighted by Gasteiger charge is 2.11. The van der Waals surface area contributed by atoms with Crippen molar-refractivity contribution in [1.29, 1.82) is 0 Å². The average Bonchev–Trinajstić information content (AvgIpc) is 3.36. The van der Waals surface area contributed by atoms with Gasteiger partial charge in [-0.15, -0.1) is 21.5 Å². The van der Waals surface area contributed by atoms with Crippen molar-refractivity contribution in [2.75, 3.05) is 5.75 Å². The van der Waals surface area contributed by atoms with Gasteiger partial charge >= 0.3 is 0 Å². The van der Waals surface area contributed by atoms with Gasteiger partial charge in [-0.2, -0.15) is 0 Å². The van der Waals surface area contributed by atoms with Crippen LogP contribution in [0.3, 0.4) is 0 Å². The smallest absolute Gasteiger partial charge is 0.277 e. The van der Waals surface area contributed by atoms with Crippen LogP contribution in [0.25, 0.3) is 10.2 Å². The van der Waals surface area contributed by atoms with E-state index in [4.69, 9.17) is 4.42 Å². The van der Waals surface area contributed by atoms with Crippen LogP contribution in [0.5, 0.6) is 0 Å². The van der Waals surface area contributed by atoms with Crippen molar-refractivity contribution in [3.8, 4) is 0 Å². The molecule has 1 N–H and O–H groups in total. The zero-order chi connectivity index (χ0) is 19.2. The lowest BCUT2D eigenvalue weighted by Crippen LogP contribution is -2.24. The Labute approximate surface area is 169 Å². The third-order valence-corrected chi connectivity index (χ3v) is 5.77. The highest BCUT2D eigenvalue weighted by molar-refractivity contribution is 7.99. The van der Waals surface area contributed by atoms with E-state index in [0.717, 1.165) is 22.6 Å². The van der Waals surface area contributed by atoms with Crippen LogP contribution in [-0.2, 0) is 24.2 Å². The number of nitrogens with zero attached hydrogens (tertiary/aromatic N) is 4. The van der Waals surface area contributed by atoms with Crippen LogP contribution in [0.15, 0.2) is 58.3 Å². The number of amides is 1. The van der Waals surface area contributed by atoms with E-state index < -0.39 is 0 Å². The molecule has 0 spiro atoms. The van der Waals surface area contributed by atoms with Gasteiger partial charge in [0.1, 0.15) is 0 Å². The first kappa shape index (κ1) is 18.6. The lowest BCUT2D eigenvalue weighted by Gasteiger charge is -2.02. The summed E-state index contributed by atoms with van der Waals surface area (Å²) in [5.74, 6) is 0.660. The normalized spacial score (nSPS) is 11.0. The molecule has 0 fully saturated rings. The number of carbonyl (C=O) groups is 1. The van der Waals surface area contributed by atoms with Crippen LogP contribution in [0.4, 0.5) is 0 Å². The molecule has 0 unspecified atom stereocenters. The summed E-state index contributed by atoms with van der Waals surface area (Å²) in [5.41, 5.74) is 1.83. The van der Waals surface area contributed by atoms with E-state index in [1.165, 1.54) is 16.5 Å². The molecule has 0 atom stereocenters. The second-order valence-electron chi connectivity index (χ2n) is 5.92. The quantitative estimate of drug-likeness (QED) is 0.445. The molecule has 142 valence electrons. The Hall–Kier alpha value is -2.78. The molecule has 0 aliphatic carbocycles. The molecule has 9 heteroatoms. The van der Waals surface area contributed by atoms with Gasteiger partial charge in [0.2, 0.25) is 11.8 Å². The summed E-state index contributed by atoms with van der Waals surface area (Å²) in [4.78, 5) is 20.7. The van der Waals surface area contributed by atoms with E-state index >= 15 is 0 Å². The molecule has 28 heavy (non-hydrogen) atoms. The average molecular weight is 412 g/mol. The van der Waals surface area contributed by atoms with Crippen molar-refractivity contribution in [1.82, 2.24) is 25.5 Å². The fourth-order valence-corrected chi connectivity index (χ4v) is 4.09. The number of fused-ring (bicyclic) bond motifs is 1.